The monoisotopic (exact) mass is 247 g/mol. The van der Waals surface area contributed by atoms with E-state index in [1.165, 1.54) is 24.7 Å². The van der Waals surface area contributed by atoms with Crippen LogP contribution in [-0.4, -0.2) is 14.7 Å². The molecular formula is C6H16O4PZn. The van der Waals surface area contributed by atoms with Gasteiger partial charge in [-0.3, -0.25) is 0 Å². The van der Waals surface area contributed by atoms with Gasteiger partial charge < -0.3 is 14.7 Å². The van der Waals surface area contributed by atoms with Crippen LogP contribution in [0.15, 0.2) is 0 Å². The van der Waals surface area contributed by atoms with E-state index < -0.39 is 7.82 Å². The van der Waals surface area contributed by atoms with Crippen molar-refractivity contribution >= 4 is 7.82 Å². The molecule has 0 saturated heterocycles. The first-order valence-electron chi connectivity index (χ1n) is 3.74. The third-order valence-electron chi connectivity index (χ3n) is 0.874. The zero-order valence-electron chi connectivity index (χ0n) is 7.77. The molecule has 3 N–H and O–H groups in total. The third-order valence-corrected chi connectivity index (χ3v) is 1.57. The van der Waals surface area contributed by atoms with Crippen molar-refractivity contribution in [2.45, 2.75) is 31.7 Å². The summed E-state index contributed by atoms with van der Waals surface area (Å²) in [5.41, 5.74) is 0. The van der Waals surface area contributed by atoms with Gasteiger partial charge in [0.05, 0.1) is 0 Å². The van der Waals surface area contributed by atoms with Crippen LogP contribution in [0.25, 0.3) is 0 Å². The normalized spacial score (nSPS) is 13.8. The number of hydrogen-bond acceptors (Lipinski definition) is 1. The molecule has 1 unspecified atom stereocenters. The molecule has 71 valence electrons. The standard InChI is InChI=1S/C6H13.H3O4P.Zn/c1-4-5-6(2)3;1-5(2,3)4;/h4,6H,5H2,1-3H3;(H3,1,2,3,4);. The van der Waals surface area contributed by atoms with Crippen molar-refractivity contribution < 1.29 is 37.5 Å². The summed E-state index contributed by atoms with van der Waals surface area (Å²) in [5.74, 6) is 0.906. The van der Waals surface area contributed by atoms with E-state index in [4.69, 9.17) is 19.2 Å². The van der Waals surface area contributed by atoms with Gasteiger partial charge in [-0.15, -0.1) is 0 Å². The van der Waals surface area contributed by atoms with Crippen molar-refractivity contribution in [1.82, 2.24) is 0 Å². The fraction of sp³-hybridized carbons (Fsp3) is 1.00. The molecule has 0 amide bonds. The molecule has 0 rings (SSSR count). The van der Waals surface area contributed by atoms with E-state index in [0.717, 1.165) is 10.4 Å². The second-order valence-corrected chi connectivity index (χ2v) is 7.20. The van der Waals surface area contributed by atoms with Crippen LogP contribution < -0.4 is 0 Å². The fourth-order valence-corrected chi connectivity index (χ4v) is 2.20. The molecule has 4 nitrogen and oxygen atoms in total. The Balaban J connectivity index is 0. The summed E-state index contributed by atoms with van der Waals surface area (Å²) in [6.07, 6.45) is 1.42. The van der Waals surface area contributed by atoms with E-state index in [1.54, 1.807) is 0 Å². The third kappa shape index (κ3) is 45.4. The van der Waals surface area contributed by atoms with Crippen molar-refractivity contribution in [3.8, 4) is 0 Å². The van der Waals surface area contributed by atoms with Crippen LogP contribution in [0.4, 0.5) is 0 Å². The van der Waals surface area contributed by atoms with Crippen molar-refractivity contribution in [2.75, 3.05) is 0 Å². The Morgan fingerprint density at radius 2 is 1.50 bits per heavy atom. The summed E-state index contributed by atoms with van der Waals surface area (Å²) in [6.45, 7) is 6.89. The summed E-state index contributed by atoms with van der Waals surface area (Å²) in [7, 11) is -4.64. The Hall–Kier alpha value is 0.733. The molecule has 0 aliphatic carbocycles. The Bertz CT molecular complexity index is 128. The summed E-state index contributed by atoms with van der Waals surface area (Å²) < 4.78 is 9.88. The van der Waals surface area contributed by atoms with E-state index in [9.17, 15) is 0 Å². The Morgan fingerprint density at radius 1 is 1.25 bits per heavy atom. The molecule has 0 aliphatic rings. The van der Waals surface area contributed by atoms with Crippen LogP contribution in [0.2, 0.25) is 4.51 Å². The van der Waals surface area contributed by atoms with Crippen LogP contribution >= 0.6 is 7.82 Å². The van der Waals surface area contributed by atoms with Crippen LogP contribution in [0, 0.1) is 5.92 Å². The fourth-order valence-electron chi connectivity index (χ4n) is 0.805. The molecule has 0 aromatic carbocycles. The molecule has 0 aliphatic heterocycles. The minimum Gasteiger partial charge on any atom is -0.303 e. The smallest absolute Gasteiger partial charge is 0.303 e. The number of rotatable bonds is 2. The predicted molar refractivity (Wildman–Crippen MR) is 43.1 cm³/mol. The van der Waals surface area contributed by atoms with Gasteiger partial charge in [0.25, 0.3) is 0 Å². The van der Waals surface area contributed by atoms with Gasteiger partial charge in [-0.05, 0) is 0 Å². The van der Waals surface area contributed by atoms with E-state index in [1.807, 2.05) is 0 Å². The number of hydrogen-bond donors (Lipinski definition) is 3. The molecule has 0 fully saturated rings. The van der Waals surface area contributed by atoms with Gasteiger partial charge in [-0.2, -0.15) is 0 Å². The second kappa shape index (κ2) is 7.17. The largest absolute Gasteiger partial charge is 0.466 e. The molecule has 0 bridgehead atoms. The Kier molecular flexibility index (Phi) is 9.09. The first-order chi connectivity index (χ1) is 5.13. The van der Waals surface area contributed by atoms with Crippen LogP contribution in [-0.2, 0) is 22.9 Å². The van der Waals surface area contributed by atoms with Crippen molar-refractivity contribution in [1.29, 1.82) is 0 Å². The van der Waals surface area contributed by atoms with Crippen molar-refractivity contribution in [3.63, 3.8) is 0 Å². The van der Waals surface area contributed by atoms with Gasteiger partial charge in [-0.25, -0.2) is 4.57 Å². The van der Waals surface area contributed by atoms with Crippen molar-refractivity contribution in [3.05, 3.63) is 0 Å². The predicted octanol–water partition coefficient (Wildman–Crippen LogP) is 1.46. The molecular weight excluding hydrogens is 232 g/mol. The molecule has 6 heteroatoms. The van der Waals surface area contributed by atoms with Crippen LogP contribution in [0.3, 0.4) is 0 Å². The van der Waals surface area contributed by atoms with Gasteiger partial charge in [0, 0.05) is 0 Å². The van der Waals surface area contributed by atoms with Gasteiger partial charge in [0.2, 0.25) is 0 Å². The van der Waals surface area contributed by atoms with Gasteiger partial charge in [-0.1, -0.05) is 0 Å². The van der Waals surface area contributed by atoms with Crippen molar-refractivity contribution in [2.24, 2.45) is 5.92 Å². The summed E-state index contributed by atoms with van der Waals surface area (Å²) in [6, 6.07) is 0. The first kappa shape index (κ1) is 15.2. The molecule has 0 radical (unpaired) electrons. The molecule has 0 spiro atoms. The quantitative estimate of drug-likeness (QED) is 0.511. The average Bonchev–Trinajstić information content (AvgIpc) is 1.52. The van der Waals surface area contributed by atoms with Gasteiger partial charge in [0.1, 0.15) is 0 Å². The first-order valence-corrected chi connectivity index (χ1v) is 7.02. The van der Waals surface area contributed by atoms with Gasteiger partial charge in [0.15, 0.2) is 0 Å². The average molecular weight is 249 g/mol. The minimum atomic E-state index is -4.64. The molecule has 0 heterocycles. The minimum absolute atomic E-state index is 0.906. The molecule has 0 aromatic heterocycles. The van der Waals surface area contributed by atoms with E-state index in [-0.39, 0.29) is 0 Å². The maximum Gasteiger partial charge on any atom is 0.466 e. The maximum atomic E-state index is 8.88. The summed E-state index contributed by atoms with van der Waals surface area (Å²) >= 11 is 1.46. The van der Waals surface area contributed by atoms with E-state index in [0.29, 0.717) is 0 Å². The van der Waals surface area contributed by atoms with E-state index in [2.05, 4.69) is 20.8 Å². The summed E-state index contributed by atoms with van der Waals surface area (Å²) in [4.78, 5) is 21.6. The maximum absolute atomic E-state index is 8.88. The van der Waals surface area contributed by atoms with Crippen LogP contribution in [0.5, 0.6) is 0 Å². The van der Waals surface area contributed by atoms with E-state index >= 15 is 0 Å². The number of phosphoric acid groups is 1. The second-order valence-electron chi connectivity index (χ2n) is 3.25. The molecule has 0 saturated carbocycles. The van der Waals surface area contributed by atoms with Gasteiger partial charge >= 0.3 is 63.7 Å². The topological polar surface area (TPSA) is 77.8 Å². The van der Waals surface area contributed by atoms with Crippen LogP contribution in [0.1, 0.15) is 27.2 Å². The Morgan fingerprint density at radius 3 is 1.50 bits per heavy atom. The summed E-state index contributed by atoms with van der Waals surface area (Å²) in [5, 5.41) is 0. The molecule has 12 heavy (non-hydrogen) atoms. The molecule has 1 atom stereocenters. The molecule has 0 aromatic rings. The SMILES string of the molecule is CC(C)C[CH](C)[Zn].O=P(O)(O)O. The Labute approximate surface area is 83.3 Å². The zero-order chi connectivity index (χ0) is 10.4. The zero-order valence-corrected chi connectivity index (χ0v) is 11.6.